The lowest BCUT2D eigenvalue weighted by Gasteiger charge is -2.57. The second kappa shape index (κ2) is 37.9. The van der Waals surface area contributed by atoms with Crippen LogP contribution < -0.4 is 0 Å². The van der Waals surface area contributed by atoms with Crippen LogP contribution in [0.25, 0.3) is 43.9 Å². The van der Waals surface area contributed by atoms with Crippen LogP contribution in [0.2, 0.25) is 0 Å². The van der Waals surface area contributed by atoms with Gasteiger partial charge in [0.25, 0.3) is 0 Å². The van der Waals surface area contributed by atoms with Crippen LogP contribution in [0.5, 0.6) is 0 Å². The minimum absolute atomic E-state index is 0.123. The Hall–Kier alpha value is -7.16. The highest BCUT2D eigenvalue weighted by molar-refractivity contribution is 5.87. The molecule has 0 spiro atoms. The lowest BCUT2D eigenvalue weighted by molar-refractivity contribution is -0.137. The molecule has 16 saturated carbocycles. The minimum atomic E-state index is -0.622. The van der Waals surface area contributed by atoms with Crippen LogP contribution in [0.1, 0.15) is 259 Å². The van der Waals surface area contributed by atoms with E-state index < -0.39 is 22.4 Å². The average molecular weight is 1860 g/mol. The van der Waals surface area contributed by atoms with Gasteiger partial charge in [-0.05, 0) is 408 Å². The quantitative estimate of drug-likeness (QED) is 0.0551. The van der Waals surface area contributed by atoms with E-state index in [0.29, 0.717) is 123 Å². The van der Waals surface area contributed by atoms with E-state index in [1.54, 1.807) is 70.3 Å². The maximum Gasteiger partial charge on any atom is 0.157 e. The van der Waals surface area contributed by atoms with E-state index in [1.165, 1.54) is 128 Å². The van der Waals surface area contributed by atoms with E-state index in [1.807, 2.05) is 75.2 Å². The third-order valence-electron chi connectivity index (χ3n) is 42.4. The van der Waals surface area contributed by atoms with Crippen molar-refractivity contribution >= 4 is 67.0 Å². The summed E-state index contributed by atoms with van der Waals surface area (Å²) >= 11 is 0. The Morgan fingerprint density at radius 1 is 0.324 bits per heavy atom. The summed E-state index contributed by atoms with van der Waals surface area (Å²) < 4.78 is 28.7. The van der Waals surface area contributed by atoms with Crippen molar-refractivity contribution in [1.29, 1.82) is 0 Å². The first-order valence-electron chi connectivity index (χ1n) is 53.7. The Bertz CT molecular complexity index is 5200. The van der Waals surface area contributed by atoms with Gasteiger partial charge in [0.1, 0.15) is 35.2 Å². The molecule has 0 aliphatic heterocycles. The van der Waals surface area contributed by atoms with Crippen LogP contribution in [0, 0.1) is 164 Å². The van der Waals surface area contributed by atoms with Crippen LogP contribution in [-0.2, 0) is 64.3 Å². The number of methoxy groups -OCH3 is 4. The summed E-state index contributed by atoms with van der Waals surface area (Å²) in [6, 6.07) is 11.7. The Morgan fingerprint density at radius 2 is 0.669 bits per heavy atom. The largest absolute Gasteiger partial charge is 0.387 e. The summed E-state index contributed by atoms with van der Waals surface area (Å²) in [5.74, 6) is 16.3. The molecule has 16 fully saturated rings. The number of ketones is 4. The molecule has 136 heavy (non-hydrogen) atoms. The standard InChI is InChI=1S/4C28H39N3O3/c1-27-10-7-21-20-8-11-28(33,17-34-2)13-18(20)3-4-22(21)23(27)5-6-24(27)26(32)16-31-15-19-9-12-29-14-25(19)30-31;1-27-10-7-21-20-8-11-28(33,17-34-2)13-18(20)3-4-22(21)23(27)5-6-24(27)26(32)16-31-25-15-29-12-9-19(25)14-30-31;1-27-11-9-20-19-10-12-28(33,17-34-2)14-18(19)5-6-21(20)22(27)7-8-23(27)26(32)16-31-25-4-3-13-29-24(25)15-30-31;1-27-11-9-20-19-10-12-28(33,17-34-2)14-18(19)5-6-21(20)22(27)7-8-23(27)26(32)16-31-15-25-24(30-31)4-3-13-29-25/h2*9,12,14-15,18,20-24,33H,3-8,10-11,13,16-17H2,1-2H3;2*3-4,13,15,18-23,33H,5-12,14,16-17H2,1-2H3/t2*18-,20-,21+,22+,23-,24+,27-,28+;2*18-,19-,20+,21+,22-,23+,27-,28+/m0000/s1. The number of carbonyl (C=O) groups excluding carboxylic acids is 4. The summed E-state index contributed by atoms with van der Waals surface area (Å²) in [7, 11) is 6.80. The van der Waals surface area contributed by atoms with E-state index >= 15 is 0 Å². The number of Topliss-reactive ketones (excluding diaryl/α,β-unsaturated/α-hetero) is 4. The van der Waals surface area contributed by atoms with E-state index in [2.05, 4.69) is 68.0 Å². The molecular formula is C112H156N12O12. The second-order valence-corrected chi connectivity index (χ2v) is 48.8. The van der Waals surface area contributed by atoms with Crippen molar-refractivity contribution < 1.29 is 58.6 Å². The van der Waals surface area contributed by atoms with Crippen molar-refractivity contribution in [3.8, 4) is 0 Å². The molecule has 0 saturated heterocycles. The Morgan fingerprint density at radius 3 is 1.07 bits per heavy atom. The average Bonchev–Trinajstić information content (AvgIpc) is 1.65. The summed E-state index contributed by atoms with van der Waals surface area (Å²) in [6.07, 6.45) is 58.5. The first kappa shape index (κ1) is 95.0. The normalized spacial score (nSPS) is 41.6. The third kappa shape index (κ3) is 17.5. The summed E-state index contributed by atoms with van der Waals surface area (Å²) in [5.41, 5.74) is 3.33. The van der Waals surface area contributed by atoms with Gasteiger partial charge >= 0.3 is 0 Å². The van der Waals surface area contributed by atoms with E-state index in [4.69, 9.17) is 18.9 Å². The number of carbonyl (C=O) groups is 4. The van der Waals surface area contributed by atoms with Crippen molar-refractivity contribution in [2.24, 2.45) is 164 Å². The van der Waals surface area contributed by atoms with Gasteiger partial charge in [0, 0.05) is 93.9 Å². The summed E-state index contributed by atoms with van der Waals surface area (Å²) in [5, 5.41) is 64.2. The molecule has 736 valence electrons. The first-order chi connectivity index (χ1) is 65.6. The minimum Gasteiger partial charge on any atom is -0.387 e. The smallest absolute Gasteiger partial charge is 0.157 e. The molecule has 8 heterocycles. The molecule has 8 aromatic heterocycles. The number of rotatable bonds is 20. The molecule has 0 aromatic carbocycles. The van der Waals surface area contributed by atoms with Crippen LogP contribution in [0.4, 0.5) is 0 Å². The third-order valence-corrected chi connectivity index (χ3v) is 42.4. The molecule has 0 bridgehead atoms. The Kier molecular flexibility index (Phi) is 26.5. The lowest BCUT2D eigenvalue weighted by Crippen LogP contribution is -2.52. The fraction of sp³-hybridized carbons (Fsp3) is 0.750. The van der Waals surface area contributed by atoms with Gasteiger partial charge < -0.3 is 39.4 Å². The topological polar surface area (TPSA) is 309 Å². The highest BCUT2D eigenvalue weighted by Crippen LogP contribution is 2.71. The first-order valence-corrected chi connectivity index (χ1v) is 53.7. The van der Waals surface area contributed by atoms with E-state index in [9.17, 15) is 39.6 Å². The molecule has 0 amide bonds. The van der Waals surface area contributed by atoms with Gasteiger partial charge in [0.2, 0.25) is 0 Å². The van der Waals surface area contributed by atoms with Crippen molar-refractivity contribution in [1.82, 2.24) is 59.1 Å². The fourth-order valence-corrected chi connectivity index (χ4v) is 36.7. The molecule has 0 unspecified atom stereocenters. The van der Waals surface area contributed by atoms with E-state index in [0.717, 1.165) is 218 Å². The highest BCUT2D eigenvalue weighted by Gasteiger charge is 2.65. The summed E-state index contributed by atoms with van der Waals surface area (Å²) in [6.45, 7) is 13.0. The number of pyridine rings is 4. The maximum absolute atomic E-state index is 13.6. The number of aromatic nitrogens is 12. The zero-order valence-corrected chi connectivity index (χ0v) is 82.6. The van der Waals surface area contributed by atoms with Gasteiger partial charge in [-0.3, -0.25) is 57.8 Å². The fourth-order valence-electron chi connectivity index (χ4n) is 36.7. The molecule has 24 rings (SSSR count). The van der Waals surface area contributed by atoms with Gasteiger partial charge in [-0.25, -0.2) is 0 Å². The molecule has 16 aliphatic rings. The van der Waals surface area contributed by atoms with Crippen LogP contribution >= 0.6 is 0 Å². The highest BCUT2D eigenvalue weighted by atomic mass is 16.5. The molecule has 32 atom stereocenters. The molecule has 24 heteroatoms. The Labute approximate surface area is 804 Å². The van der Waals surface area contributed by atoms with Crippen LogP contribution in [0.3, 0.4) is 0 Å². The predicted octanol–water partition coefficient (Wildman–Crippen LogP) is 18.6. The van der Waals surface area contributed by atoms with E-state index in [-0.39, 0.29) is 45.3 Å². The van der Waals surface area contributed by atoms with Gasteiger partial charge in [0.15, 0.2) is 23.1 Å². The van der Waals surface area contributed by atoms with Crippen molar-refractivity contribution in [2.75, 3.05) is 54.9 Å². The van der Waals surface area contributed by atoms with Crippen LogP contribution in [-0.4, -0.2) is 180 Å². The van der Waals surface area contributed by atoms with Crippen LogP contribution in [0.15, 0.2) is 98.4 Å². The van der Waals surface area contributed by atoms with Gasteiger partial charge in [0.05, 0.1) is 104 Å². The molecule has 4 N–H and O–H groups in total. The predicted molar refractivity (Wildman–Crippen MR) is 520 cm³/mol. The zero-order chi connectivity index (χ0) is 94.0. The molecule has 0 radical (unpaired) electrons. The molecular weight excluding hydrogens is 1710 g/mol. The number of hydrogen-bond donors (Lipinski definition) is 4. The number of ether oxygens (including phenoxy) is 4. The molecule has 8 aromatic rings. The Balaban J connectivity index is 0.000000108. The maximum atomic E-state index is 13.6. The SMILES string of the molecule is COC[C@@]1(O)CC[C@H]2[C@@H](CC[C@@H]3[C@@H]2CC[C@]2(C)[C@@H](C(=O)Cn4cc5ccncc5n4)CC[C@@H]32)C1.COC[C@@]1(O)CC[C@H]2[C@@H](CC[C@@H]3[C@@H]2CC[C@]2(C)[C@@H](C(=O)Cn4cc5ncccc5n4)CC[C@@H]32)C1.COC[C@@]1(O)CC[C@H]2[C@@H](CC[C@@H]3[C@@H]2CC[C@]2(C)[C@@H](C(=O)Cn4ncc5ccncc54)CC[C@@H]32)C1.COC[C@@]1(O)CC[C@H]2[C@@H](CC[C@@H]3[C@@H]2CC[C@]2(C)[C@@H](C(=O)Cn4ncc5ncccc54)CC[C@@H]32)C1. The molecule has 24 nitrogen and oxygen atoms in total. The monoisotopic (exact) mass is 1860 g/mol. The number of aliphatic hydroxyl groups is 4. The lowest BCUT2D eigenvalue weighted by atomic mass is 9.49. The zero-order valence-electron chi connectivity index (χ0n) is 82.6. The van der Waals surface area contributed by atoms with Crippen molar-refractivity contribution in [3.63, 3.8) is 0 Å². The summed E-state index contributed by atoms with van der Waals surface area (Å²) in [4.78, 5) is 71.5. The van der Waals surface area contributed by atoms with Gasteiger partial charge in [-0.2, -0.15) is 20.4 Å². The van der Waals surface area contributed by atoms with Crippen molar-refractivity contribution in [2.45, 2.75) is 307 Å². The number of hydrogen-bond acceptors (Lipinski definition) is 20. The van der Waals surface area contributed by atoms with Crippen molar-refractivity contribution in [3.05, 3.63) is 98.4 Å². The van der Waals surface area contributed by atoms with Gasteiger partial charge in [-0.1, -0.05) is 27.7 Å². The molecule has 16 aliphatic carbocycles. The number of fused-ring (bicyclic) bond motifs is 24. The second-order valence-electron chi connectivity index (χ2n) is 48.8. The van der Waals surface area contributed by atoms with Gasteiger partial charge in [-0.15, -0.1) is 0 Å². The number of nitrogens with zero attached hydrogens (tertiary/aromatic N) is 12.